The Kier molecular flexibility index (Phi) is 10.2. The highest BCUT2D eigenvalue weighted by molar-refractivity contribution is 7.92. The topological polar surface area (TPSA) is 143 Å². The van der Waals surface area contributed by atoms with Crippen molar-refractivity contribution in [2.45, 2.75) is 49.1 Å². The molecular weight excluding hydrogens is 606 g/mol. The van der Waals surface area contributed by atoms with Crippen molar-refractivity contribution in [3.05, 3.63) is 77.9 Å². The molecule has 0 saturated carbocycles. The molecule has 238 valence electrons. The van der Waals surface area contributed by atoms with Crippen LogP contribution in [0.1, 0.15) is 25.0 Å². The minimum Gasteiger partial charge on any atom is -0.497 e. The number of likely N-dealkylation sites (N-methyl/N-ethyl adjacent to an activating group) is 1. The first kappa shape index (κ1) is 33.2. The lowest BCUT2D eigenvalue weighted by atomic mass is 10.0. The van der Waals surface area contributed by atoms with Gasteiger partial charge in [0.05, 0.1) is 42.5 Å². The fourth-order valence-corrected chi connectivity index (χ4v) is 7.15. The van der Waals surface area contributed by atoms with Crippen LogP contribution < -0.4 is 14.2 Å². The van der Waals surface area contributed by atoms with Crippen LogP contribution in [0, 0.1) is 12.8 Å². The number of anilines is 1. The van der Waals surface area contributed by atoms with E-state index in [1.807, 2.05) is 13.8 Å². The average molecular weight is 646 g/mol. The van der Waals surface area contributed by atoms with E-state index < -0.39 is 32.2 Å². The summed E-state index contributed by atoms with van der Waals surface area (Å²) in [5.41, 5.74) is 1.59. The molecule has 0 radical (unpaired) electrons. The molecule has 0 spiro atoms. The molecule has 1 aliphatic rings. The zero-order chi connectivity index (χ0) is 32.2. The molecular formula is C31H39N3O8S2. The predicted octanol–water partition coefficient (Wildman–Crippen LogP) is 3.27. The van der Waals surface area contributed by atoms with Crippen LogP contribution in [0.3, 0.4) is 0 Å². The number of amides is 1. The molecule has 0 aromatic heterocycles. The molecule has 0 bridgehead atoms. The number of hydrogen-bond donors (Lipinski definition) is 2. The lowest BCUT2D eigenvalue weighted by molar-refractivity contribution is -0.134. The number of aryl methyl sites for hydroxylation is 1. The standard InChI is InChI=1S/C31H39N3O8S2/c1-21-6-11-27(12-7-21)43(37,38)32-25-8-15-29-24(16-25)17-31(36)34(23(3)20-35)18-22(2)30(42-29)19-33(4)44(39,40)28-13-9-26(41-5)10-14-28/h6-16,22-23,30,32,35H,17-20H2,1-5H3/t22-,23+,30+/m1/s1. The summed E-state index contributed by atoms with van der Waals surface area (Å²) in [5, 5.41) is 9.90. The molecule has 13 heteroatoms. The van der Waals surface area contributed by atoms with Gasteiger partial charge in [0.1, 0.15) is 17.6 Å². The van der Waals surface area contributed by atoms with Crippen LogP contribution in [-0.4, -0.2) is 83.1 Å². The number of hydrogen-bond acceptors (Lipinski definition) is 8. The van der Waals surface area contributed by atoms with Crippen LogP contribution in [-0.2, 0) is 31.3 Å². The minimum atomic E-state index is -3.90. The monoisotopic (exact) mass is 645 g/mol. The third-order valence-electron chi connectivity index (χ3n) is 7.70. The predicted molar refractivity (Wildman–Crippen MR) is 167 cm³/mol. The third-order valence-corrected chi connectivity index (χ3v) is 10.9. The number of nitrogens with zero attached hydrogens (tertiary/aromatic N) is 2. The lowest BCUT2D eigenvalue weighted by Gasteiger charge is -2.33. The number of rotatable bonds is 10. The molecule has 3 aromatic carbocycles. The van der Waals surface area contributed by atoms with Crippen molar-refractivity contribution in [2.24, 2.45) is 5.92 Å². The maximum atomic E-state index is 13.5. The maximum absolute atomic E-state index is 13.5. The molecule has 1 aliphatic heterocycles. The van der Waals surface area contributed by atoms with Gasteiger partial charge in [-0.1, -0.05) is 24.6 Å². The second kappa shape index (κ2) is 13.6. The van der Waals surface area contributed by atoms with Gasteiger partial charge in [-0.05, 0) is 68.4 Å². The molecule has 3 aromatic rings. The number of carbonyl (C=O) groups excluding carboxylic acids is 1. The quantitative estimate of drug-likeness (QED) is 0.342. The summed E-state index contributed by atoms with van der Waals surface area (Å²) in [6, 6.07) is 16.7. The first-order chi connectivity index (χ1) is 20.7. The summed E-state index contributed by atoms with van der Waals surface area (Å²) in [7, 11) is -4.84. The second-order valence-electron chi connectivity index (χ2n) is 11.1. The Morgan fingerprint density at radius 2 is 1.68 bits per heavy atom. The van der Waals surface area contributed by atoms with Crippen LogP contribution in [0.5, 0.6) is 11.5 Å². The molecule has 1 heterocycles. The van der Waals surface area contributed by atoms with Gasteiger partial charge < -0.3 is 19.5 Å². The Hall–Kier alpha value is -3.65. The summed E-state index contributed by atoms with van der Waals surface area (Å²) >= 11 is 0. The maximum Gasteiger partial charge on any atom is 0.261 e. The number of sulfonamides is 2. The number of methoxy groups -OCH3 is 1. The van der Waals surface area contributed by atoms with Gasteiger partial charge >= 0.3 is 0 Å². The van der Waals surface area contributed by atoms with Crippen molar-refractivity contribution in [3.63, 3.8) is 0 Å². The van der Waals surface area contributed by atoms with Crippen molar-refractivity contribution in [1.29, 1.82) is 0 Å². The Bertz CT molecular complexity index is 1680. The highest BCUT2D eigenvalue weighted by atomic mass is 32.2. The van der Waals surface area contributed by atoms with Gasteiger partial charge in [-0.15, -0.1) is 0 Å². The van der Waals surface area contributed by atoms with E-state index in [0.29, 0.717) is 17.1 Å². The van der Waals surface area contributed by atoms with Crippen LogP contribution in [0.4, 0.5) is 5.69 Å². The molecule has 0 fully saturated rings. The number of benzene rings is 3. The highest BCUT2D eigenvalue weighted by Crippen LogP contribution is 2.31. The van der Waals surface area contributed by atoms with E-state index in [2.05, 4.69) is 4.72 Å². The van der Waals surface area contributed by atoms with Crippen molar-refractivity contribution >= 4 is 31.6 Å². The molecule has 1 amide bonds. The van der Waals surface area contributed by atoms with E-state index in [1.165, 1.54) is 42.7 Å². The van der Waals surface area contributed by atoms with Crippen molar-refractivity contribution in [3.8, 4) is 11.5 Å². The number of nitrogens with one attached hydrogen (secondary N) is 1. The van der Waals surface area contributed by atoms with E-state index in [0.717, 1.165) is 5.56 Å². The van der Waals surface area contributed by atoms with Crippen LogP contribution >= 0.6 is 0 Å². The number of aliphatic hydroxyl groups is 1. The number of aliphatic hydroxyl groups excluding tert-OH is 1. The molecule has 0 unspecified atom stereocenters. The van der Waals surface area contributed by atoms with Crippen molar-refractivity contribution < 1.29 is 36.2 Å². The van der Waals surface area contributed by atoms with Crippen LogP contribution in [0.15, 0.2) is 76.5 Å². The SMILES string of the molecule is COc1ccc(S(=O)(=O)N(C)C[C@@H]2Oc3ccc(NS(=O)(=O)c4ccc(C)cc4)cc3CC(=O)N([C@@H](C)CO)C[C@H]2C)cc1. The third kappa shape index (κ3) is 7.52. The molecule has 0 aliphatic carbocycles. The number of carbonyl (C=O) groups is 1. The summed E-state index contributed by atoms with van der Waals surface area (Å²) in [5.74, 6) is 0.246. The summed E-state index contributed by atoms with van der Waals surface area (Å²) in [6.45, 7) is 5.36. The molecule has 0 saturated heterocycles. The first-order valence-corrected chi connectivity index (χ1v) is 17.1. The smallest absolute Gasteiger partial charge is 0.261 e. The largest absolute Gasteiger partial charge is 0.497 e. The van der Waals surface area contributed by atoms with Gasteiger partial charge in [-0.25, -0.2) is 16.8 Å². The normalized spacial score (nSPS) is 18.4. The molecule has 44 heavy (non-hydrogen) atoms. The summed E-state index contributed by atoms with van der Waals surface area (Å²) < 4.78 is 68.3. The number of ether oxygens (including phenoxy) is 2. The molecule has 11 nitrogen and oxygen atoms in total. The van der Waals surface area contributed by atoms with Crippen molar-refractivity contribution in [1.82, 2.24) is 9.21 Å². The zero-order valence-electron chi connectivity index (χ0n) is 25.4. The molecule has 2 N–H and O–H groups in total. The Morgan fingerprint density at radius 1 is 1.05 bits per heavy atom. The fourth-order valence-electron chi connectivity index (χ4n) is 4.92. The fraction of sp³-hybridized carbons (Fsp3) is 0.387. The average Bonchev–Trinajstić information content (AvgIpc) is 3.04. The van der Waals surface area contributed by atoms with Gasteiger partial charge in [0.2, 0.25) is 15.9 Å². The Labute approximate surface area is 259 Å². The highest BCUT2D eigenvalue weighted by Gasteiger charge is 2.33. The van der Waals surface area contributed by atoms with Gasteiger partial charge in [0.15, 0.2) is 0 Å². The van der Waals surface area contributed by atoms with Crippen LogP contribution in [0.25, 0.3) is 0 Å². The van der Waals surface area contributed by atoms with E-state index in [1.54, 1.807) is 54.3 Å². The lowest BCUT2D eigenvalue weighted by Crippen LogP contribution is -2.48. The van der Waals surface area contributed by atoms with Gasteiger partial charge in [-0.3, -0.25) is 9.52 Å². The van der Waals surface area contributed by atoms with E-state index >= 15 is 0 Å². The molecule has 4 rings (SSSR count). The van der Waals surface area contributed by atoms with Gasteiger partial charge in [0, 0.05) is 30.8 Å². The van der Waals surface area contributed by atoms with Crippen molar-refractivity contribution in [2.75, 3.05) is 38.6 Å². The first-order valence-electron chi connectivity index (χ1n) is 14.1. The Balaban J connectivity index is 1.67. The van der Waals surface area contributed by atoms with E-state index in [4.69, 9.17) is 9.47 Å². The van der Waals surface area contributed by atoms with E-state index in [9.17, 15) is 26.7 Å². The van der Waals surface area contributed by atoms with E-state index in [-0.39, 0.29) is 53.4 Å². The number of fused-ring (bicyclic) bond motifs is 1. The summed E-state index contributed by atoms with van der Waals surface area (Å²) in [4.78, 5) is 15.2. The second-order valence-corrected chi connectivity index (χ2v) is 14.8. The van der Waals surface area contributed by atoms with Gasteiger partial charge in [0.25, 0.3) is 10.0 Å². The summed E-state index contributed by atoms with van der Waals surface area (Å²) in [6.07, 6.45) is -0.805. The van der Waals surface area contributed by atoms with Gasteiger partial charge in [-0.2, -0.15) is 4.31 Å². The minimum absolute atomic E-state index is 0.0354. The zero-order valence-corrected chi connectivity index (χ0v) is 27.1. The Morgan fingerprint density at radius 3 is 2.30 bits per heavy atom. The van der Waals surface area contributed by atoms with Crippen LogP contribution in [0.2, 0.25) is 0 Å². The molecule has 3 atom stereocenters.